The molecule has 0 N–H and O–H groups in total. The Morgan fingerprint density at radius 2 is 1.90 bits per heavy atom. The number of hydrogen-bond donors (Lipinski definition) is 0. The van der Waals surface area contributed by atoms with Crippen molar-refractivity contribution in [2.45, 2.75) is 46.0 Å². The van der Waals surface area contributed by atoms with E-state index in [1.165, 1.54) is 15.8 Å². The number of pyridine rings is 1. The summed E-state index contributed by atoms with van der Waals surface area (Å²) in [7, 11) is 2.06. The van der Waals surface area contributed by atoms with Gasteiger partial charge in [-0.15, -0.1) is 5.10 Å². The van der Waals surface area contributed by atoms with Crippen molar-refractivity contribution < 1.29 is 0 Å². The molecular weight excluding hydrogens is 374 g/mol. The quantitative estimate of drug-likeness (QED) is 0.662. The lowest BCUT2D eigenvalue weighted by Crippen LogP contribution is -2.27. The van der Waals surface area contributed by atoms with Crippen molar-refractivity contribution >= 4 is 17.4 Å². The first-order chi connectivity index (χ1) is 14.2. The van der Waals surface area contributed by atoms with Crippen LogP contribution in [0.3, 0.4) is 0 Å². The summed E-state index contributed by atoms with van der Waals surface area (Å²) in [4.78, 5) is 19.5. The first-order valence-corrected chi connectivity index (χ1v) is 10.1. The molecule has 0 radical (unpaired) electrons. The summed E-state index contributed by atoms with van der Waals surface area (Å²) in [5.74, 6) is 0.672. The highest BCUT2D eigenvalue weighted by atomic mass is 16.1. The third-order valence-electron chi connectivity index (χ3n) is 6.03. The van der Waals surface area contributed by atoms with Crippen LogP contribution in [-0.2, 0) is 5.41 Å². The van der Waals surface area contributed by atoms with Crippen LogP contribution in [0.15, 0.2) is 40.8 Å². The van der Waals surface area contributed by atoms with Crippen LogP contribution in [0, 0.1) is 18.3 Å². The molecule has 6 nitrogen and oxygen atoms in total. The molecule has 0 spiro atoms. The molecule has 6 heteroatoms. The Balaban J connectivity index is 2.01. The molecule has 3 aromatic rings. The number of aromatic nitrogens is 3. The molecule has 1 aliphatic rings. The maximum atomic E-state index is 12.7. The number of hydrogen-bond acceptors (Lipinski definition) is 5. The number of nitriles is 1. The van der Waals surface area contributed by atoms with Crippen LogP contribution in [0.4, 0.5) is 5.69 Å². The van der Waals surface area contributed by atoms with Crippen LogP contribution in [0.2, 0.25) is 0 Å². The molecule has 0 fully saturated rings. The highest BCUT2D eigenvalue weighted by molar-refractivity contribution is 5.72. The molecule has 0 saturated heterocycles. The Morgan fingerprint density at radius 3 is 2.53 bits per heavy atom. The number of benzene rings is 1. The van der Waals surface area contributed by atoms with Crippen LogP contribution in [-0.4, -0.2) is 21.6 Å². The number of nitrogens with zero attached hydrogens (tertiary/aromatic N) is 5. The third kappa shape index (κ3) is 2.73. The van der Waals surface area contributed by atoms with Gasteiger partial charge in [0.15, 0.2) is 11.5 Å². The topological polar surface area (TPSA) is 74.3 Å². The molecule has 0 unspecified atom stereocenters. The van der Waals surface area contributed by atoms with Gasteiger partial charge in [-0.25, -0.2) is 4.98 Å². The molecule has 0 atom stereocenters. The van der Waals surface area contributed by atoms with E-state index < -0.39 is 5.56 Å². The van der Waals surface area contributed by atoms with Crippen LogP contribution >= 0.6 is 0 Å². The molecule has 4 rings (SSSR count). The van der Waals surface area contributed by atoms with Crippen molar-refractivity contribution in [3.8, 4) is 6.07 Å². The third-order valence-corrected chi connectivity index (χ3v) is 6.03. The Hall–Kier alpha value is -3.46. The molecular formula is C24H25N5O. The van der Waals surface area contributed by atoms with Gasteiger partial charge < -0.3 is 4.90 Å². The van der Waals surface area contributed by atoms with E-state index in [4.69, 9.17) is 0 Å². The van der Waals surface area contributed by atoms with Crippen molar-refractivity contribution in [2.75, 3.05) is 11.9 Å². The minimum Gasteiger partial charge on any atom is -0.347 e. The van der Waals surface area contributed by atoms with Crippen molar-refractivity contribution in [1.29, 1.82) is 5.26 Å². The second-order valence-corrected chi connectivity index (χ2v) is 8.61. The Kier molecular flexibility index (Phi) is 4.50. The van der Waals surface area contributed by atoms with E-state index in [0.717, 1.165) is 10.9 Å². The fourth-order valence-electron chi connectivity index (χ4n) is 4.25. The number of allylic oxidation sites excluding steroid dienone is 2. The Bertz CT molecular complexity index is 1350. The van der Waals surface area contributed by atoms with Gasteiger partial charge in [-0.1, -0.05) is 45.9 Å². The Morgan fingerprint density at radius 1 is 1.20 bits per heavy atom. The predicted octanol–water partition coefficient (Wildman–Crippen LogP) is 3.20. The van der Waals surface area contributed by atoms with Crippen molar-refractivity contribution in [3.63, 3.8) is 0 Å². The molecule has 2 aromatic heterocycles. The Labute approximate surface area is 175 Å². The zero-order valence-electron chi connectivity index (χ0n) is 18.2. The van der Waals surface area contributed by atoms with E-state index in [-0.39, 0.29) is 16.9 Å². The largest absolute Gasteiger partial charge is 0.347 e. The molecule has 0 aliphatic carbocycles. The molecule has 0 amide bonds. The first kappa shape index (κ1) is 19.8. The van der Waals surface area contributed by atoms with E-state index in [2.05, 4.69) is 60.2 Å². The van der Waals surface area contributed by atoms with E-state index >= 15 is 0 Å². The smallest absolute Gasteiger partial charge is 0.291 e. The van der Waals surface area contributed by atoms with Gasteiger partial charge in [0.05, 0.1) is 0 Å². The minimum absolute atomic E-state index is 0.0794. The number of para-hydroxylation sites is 1. The number of fused-ring (bicyclic) bond motifs is 2. The van der Waals surface area contributed by atoms with Gasteiger partial charge in [-0.3, -0.25) is 4.79 Å². The van der Waals surface area contributed by atoms with Gasteiger partial charge >= 0.3 is 0 Å². The zero-order valence-corrected chi connectivity index (χ0v) is 18.2. The van der Waals surface area contributed by atoms with Crippen LogP contribution in [0.25, 0.3) is 11.7 Å². The van der Waals surface area contributed by atoms with Crippen molar-refractivity contribution in [1.82, 2.24) is 14.6 Å². The fourth-order valence-corrected chi connectivity index (χ4v) is 4.25. The van der Waals surface area contributed by atoms with Crippen molar-refractivity contribution in [2.24, 2.45) is 0 Å². The molecule has 152 valence electrons. The number of anilines is 1. The van der Waals surface area contributed by atoms with Crippen LogP contribution in [0.5, 0.6) is 0 Å². The maximum absolute atomic E-state index is 12.7. The van der Waals surface area contributed by atoms with Crippen LogP contribution < -0.4 is 15.7 Å². The van der Waals surface area contributed by atoms with Gasteiger partial charge in [0, 0.05) is 35.0 Å². The standard InChI is InChI=1S/C24H25N5O/c1-14(2)21-26-22-16(15(3)17(13-25)23(30)29(22)27-21)11-12-20-24(4,5)18-9-7-8-10-19(18)28(20)6/h7-12,14H,1-6H3. The summed E-state index contributed by atoms with van der Waals surface area (Å²) in [6.07, 6.45) is 4.03. The predicted molar refractivity (Wildman–Crippen MR) is 118 cm³/mol. The lowest BCUT2D eigenvalue weighted by atomic mass is 9.84. The van der Waals surface area contributed by atoms with E-state index in [1.807, 2.05) is 32.1 Å². The van der Waals surface area contributed by atoms with Crippen LogP contribution in [0.1, 0.15) is 56.1 Å². The molecule has 1 aromatic carbocycles. The van der Waals surface area contributed by atoms with Gasteiger partial charge in [-0.05, 0) is 36.3 Å². The SMILES string of the molecule is Cc1c(C#N)c(=O)n2nc(C(C)C)nc2c1=CC=C1N(C)c2ccccc2C1(C)C. The summed E-state index contributed by atoms with van der Waals surface area (Å²) in [5, 5.41) is 14.7. The lowest BCUT2D eigenvalue weighted by Gasteiger charge is -2.23. The molecule has 3 heterocycles. The normalized spacial score (nSPS) is 17.2. The average molecular weight is 399 g/mol. The lowest BCUT2D eigenvalue weighted by molar-refractivity contribution is 0.641. The average Bonchev–Trinajstić information content (AvgIpc) is 3.23. The summed E-state index contributed by atoms with van der Waals surface area (Å²) < 4.78 is 1.27. The molecule has 30 heavy (non-hydrogen) atoms. The first-order valence-electron chi connectivity index (χ1n) is 10.1. The summed E-state index contributed by atoms with van der Waals surface area (Å²) in [6.45, 7) is 10.2. The monoisotopic (exact) mass is 399 g/mol. The highest BCUT2D eigenvalue weighted by Gasteiger charge is 2.37. The second-order valence-electron chi connectivity index (χ2n) is 8.61. The molecule has 1 aliphatic heterocycles. The van der Waals surface area contributed by atoms with Gasteiger partial charge in [-0.2, -0.15) is 9.78 Å². The summed E-state index contributed by atoms with van der Waals surface area (Å²) >= 11 is 0. The van der Waals surface area contributed by atoms with Gasteiger partial charge in [0.1, 0.15) is 11.6 Å². The van der Waals surface area contributed by atoms with Crippen molar-refractivity contribution in [3.05, 3.63) is 74.1 Å². The van der Waals surface area contributed by atoms with E-state index in [9.17, 15) is 10.1 Å². The maximum Gasteiger partial charge on any atom is 0.291 e. The zero-order chi connectivity index (χ0) is 21.8. The fraction of sp³-hybridized carbons (Fsp3) is 0.333. The number of likely N-dealkylation sites (N-methyl/N-ethyl adjacent to an activating group) is 1. The van der Waals surface area contributed by atoms with E-state index in [1.54, 1.807) is 6.92 Å². The van der Waals surface area contributed by atoms with Gasteiger partial charge in [0.25, 0.3) is 5.56 Å². The number of rotatable bonds is 2. The second kappa shape index (κ2) is 6.81. The summed E-state index contributed by atoms with van der Waals surface area (Å²) in [6, 6.07) is 10.4. The molecule has 0 bridgehead atoms. The minimum atomic E-state index is -0.417. The summed E-state index contributed by atoms with van der Waals surface area (Å²) in [5.41, 5.74) is 4.23. The van der Waals surface area contributed by atoms with E-state index in [0.29, 0.717) is 17.0 Å². The molecule has 0 saturated carbocycles. The van der Waals surface area contributed by atoms with Gasteiger partial charge in [0.2, 0.25) is 0 Å². The highest BCUT2D eigenvalue weighted by Crippen LogP contribution is 2.46.